The van der Waals surface area contributed by atoms with Crippen molar-refractivity contribution in [3.8, 4) is 0 Å². The van der Waals surface area contributed by atoms with Gasteiger partial charge in [0.2, 0.25) is 0 Å². The highest BCUT2D eigenvalue weighted by Crippen LogP contribution is 2.13. The van der Waals surface area contributed by atoms with Crippen molar-refractivity contribution in [3.63, 3.8) is 0 Å². The van der Waals surface area contributed by atoms with Crippen LogP contribution in [-0.2, 0) is 28.6 Å². The van der Waals surface area contributed by atoms with E-state index in [9.17, 15) is 14.4 Å². The molecule has 0 aliphatic carbocycles. The number of hydrogen-bond donors (Lipinski definition) is 0. The van der Waals surface area contributed by atoms with Gasteiger partial charge in [-0.25, -0.2) is 0 Å². The summed E-state index contributed by atoms with van der Waals surface area (Å²) < 4.78 is 16.7. The van der Waals surface area contributed by atoms with Crippen molar-refractivity contribution in [2.24, 2.45) is 0 Å². The summed E-state index contributed by atoms with van der Waals surface area (Å²) >= 11 is 0. The lowest BCUT2D eigenvalue weighted by molar-refractivity contribution is -0.167. The van der Waals surface area contributed by atoms with E-state index in [2.05, 4.69) is 87.6 Å². The van der Waals surface area contributed by atoms with Gasteiger partial charge < -0.3 is 14.2 Å². The zero-order valence-electron chi connectivity index (χ0n) is 39.6. The molecular formula is C56H88O6. The van der Waals surface area contributed by atoms with E-state index in [0.717, 1.165) is 96.3 Å². The van der Waals surface area contributed by atoms with Crippen LogP contribution in [0.3, 0.4) is 0 Å². The van der Waals surface area contributed by atoms with Gasteiger partial charge >= 0.3 is 17.9 Å². The van der Waals surface area contributed by atoms with Crippen LogP contribution in [0, 0.1) is 0 Å². The number of carbonyl (C=O) groups is 3. The van der Waals surface area contributed by atoms with E-state index >= 15 is 0 Å². The van der Waals surface area contributed by atoms with Crippen LogP contribution >= 0.6 is 0 Å². The molecule has 0 saturated heterocycles. The predicted octanol–water partition coefficient (Wildman–Crippen LogP) is 16.1. The lowest BCUT2D eigenvalue weighted by Gasteiger charge is -2.18. The molecule has 0 rings (SSSR count). The Morgan fingerprint density at radius 3 is 1.23 bits per heavy atom. The monoisotopic (exact) mass is 857 g/mol. The Balaban J connectivity index is 4.54. The van der Waals surface area contributed by atoms with Gasteiger partial charge in [0.25, 0.3) is 0 Å². The second-order valence-corrected chi connectivity index (χ2v) is 15.7. The SMILES string of the molecule is CC\C=C/C=C\C=C/C=C\C=C/CCCC(=O)OCC(COC(=O)CCCCCCCCC/C=C\C/C=C\CCCCC)OC(=O)CCCCCC/C=C\C/C=C\C/C=C\CC. The molecule has 62 heavy (non-hydrogen) atoms. The van der Waals surface area contributed by atoms with Crippen LogP contribution in [0.1, 0.15) is 194 Å². The first kappa shape index (κ1) is 57.8. The van der Waals surface area contributed by atoms with Crippen molar-refractivity contribution >= 4 is 17.9 Å². The molecule has 0 aliphatic heterocycles. The highest BCUT2D eigenvalue weighted by atomic mass is 16.6. The maximum absolute atomic E-state index is 12.8. The first-order valence-corrected chi connectivity index (χ1v) is 24.6. The highest BCUT2D eigenvalue weighted by Gasteiger charge is 2.19. The van der Waals surface area contributed by atoms with Crippen LogP contribution in [0.5, 0.6) is 0 Å². The molecule has 0 aliphatic rings. The number of hydrogen-bond acceptors (Lipinski definition) is 6. The average Bonchev–Trinajstić information content (AvgIpc) is 3.27. The van der Waals surface area contributed by atoms with E-state index in [4.69, 9.17) is 14.2 Å². The largest absolute Gasteiger partial charge is 0.462 e. The maximum atomic E-state index is 12.8. The second-order valence-electron chi connectivity index (χ2n) is 15.7. The number of esters is 3. The van der Waals surface area contributed by atoms with Crippen molar-refractivity contribution < 1.29 is 28.6 Å². The quantitative estimate of drug-likeness (QED) is 0.0200. The van der Waals surface area contributed by atoms with Gasteiger partial charge in [-0.15, -0.1) is 0 Å². The van der Waals surface area contributed by atoms with E-state index in [-0.39, 0.29) is 44.0 Å². The molecule has 0 saturated carbocycles. The van der Waals surface area contributed by atoms with Gasteiger partial charge in [0, 0.05) is 19.3 Å². The third kappa shape index (κ3) is 46.9. The summed E-state index contributed by atoms with van der Waals surface area (Å²) in [6.07, 6.45) is 67.6. The van der Waals surface area contributed by atoms with Gasteiger partial charge in [0.05, 0.1) is 0 Å². The first-order chi connectivity index (χ1) is 30.5. The molecule has 1 unspecified atom stereocenters. The lowest BCUT2D eigenvalue weighted by atomic mass is 10.1. The van der Waals surface area contributed by atoms with Crippen molar-refractivity contribution in [2.45, 2.75) is 200 Å². The number of ether oxygens (including phenoxy) is 3. The molecule has 0 fully saturated rings. The van der Waals surface area contributed by atoms with Gasteiger partial charge in [-0.1, -0.05) is 200 Å². The summed E-state index contributed by atoms with van der Waals surface area (Å²) in [6, 6.07) is 0. The average molecular weight is 857 g/mol. The summed E-state index contributed by atoms with van der Waals surface area (Å²) in [5.74, 6) is -1.04. The van der Waals surface area contributed by atoms with Crippen molar-refractivity contribution in [1.82, 2.24) is 0 Å². The Morgan fingerprint density at radius 1 is 0.355 bits per heavy atom. The van der Waals surface area contributed by atoms with Crippen LogP contribution in [0.15, 0.2) is 122 Å². The fourth-order valence-electron chi connectivity index (χ4n) is 6.16. The van der Waals surface area contributed by atoms with E-state index in [1.807, 2.05) is 54.7 Å². The van der Waals surface area contributed by atoms with E-state index in [0.29, 0.717) is 12.8 Å². The Morgan fingerprint density at radius 2 is 0.726 bits per heavy atom. The lowest BCUT2D eigenvalue weighted by Crippen LogP contribution is -2.30. The number of carbonyl (C=O) groups excluding carboxylic acids is 3. The summed E-state index contributed by atoms with van der Waals surface area (Å²) in [6.45, 7) is 6.24. The Labute approximate surface area is 380 Å². The molecule has 0 amide bonds. The first-order valence-electron chi connectivity index (χ1n) is 24.6. The zero-order chi connectivity index (χ0) is 45.1. The highest BCUT2D eigenvalue weighted by molar-refractivity contribution is 5.71. The van der Waals surface area contributed by atoms with Gasteiger partial charge in [-0.2, -0.15) is 0 Å². The Kier molecular flexibility index (Phi) is 46.1. The topological polar surface area (TPSA) is 78.9 Å². The molecule has 0 aromatic heterocycles. The maximum Gasteiger partial charge on any atom is 0.306 e. The molecule has 348 valence electrons. The summed E-state index contributed by atoms with van der Waals surface area (Å²) in [5.41, 5.74) is 0. The normalized spacial score (nSPS) is 13.1. The molecule has 1 atom stereocenters. The summed E-state index contributed by atoms with van der Waals surface area (Å²) in [5, 5.41) is 0. The van der Waals surface area contributed by atoms with Crippen LogP contribution in [0.4, 0.5) is 0 Å². The molecule has 6 heteroatoms. The van der Waals surface area contributed by atoms with Gasteiger partial charge in [0.15, 0.2) is 6.10 Å². The number of allylic oxidation sites excluding steroid dienone is 20. The summed E-state index contributed by atoms with van der Waals surface area (Å²) in [4.78, 5) is 37.9. The smallest absolute Gasteiger partial charge is 0.306 e. The minimum Gasteiger partial charge on any atom is -0.462 e. The molecule has 0 heterocycles. The fraction of sp³-hybridized carbons (Fsp3) is 0.589. The van der Waals surface area contributed by atoms with Crippen molar-refractivity contribution in [3.05, 3.63) is 122 Å². The minimum atomic E-state index is -0.824. The number of rotatable bonds is 42. The fourth-order valence-corrected chi connectivity index (χ4v) is 6.16. The van der Waals surface area contributed by atoms with E-state index < -0.39 is 6.10 Å². The third-order valence-corrected chi connectivity index (χ3v) is 9.81. The van der Waals surface area contributed by atoms with Crippen LogP contribution in [0.25, 0.3) is 0 Å². The van der Waals surface area contributed by atoms with Gasteiger partial charge in [-0.3, -0.25) is 14.4 Å². The minimum absolute atomic E-state index is 0.118. The van der Waals surface area contributed by atoms with Gasteiger partial charge in [0.1, 0.15) is 13.2 Å². The molecule has 0 N–H and O–H groups in total. The molecular weight excluding hydrogens is 769 g/mol. The summed E-state index contributed by atoms with van der Waals surface area (Å²) in [7, 11) is 0. The molecule has 0 aromatic carbocycles. The van der Waals surface area contributed by atoms with Gasteiger partial charge in [-0.05, 0) is 96.3 Å². The van der Waals surface area contributed by atoms with Crippen LogP contribution in [-0.4, -0.2) is 37.2 Å². The van der Waals surface area contributed by atoms with Crippen LogP contribution in [0.2, 0.25) is 0 Å². The Hall–Kier alpha value is -4.19. The molecule has 0 bridgehead atoms. The zero-order valence-corrected chi connectivity index (χ0v) is 39.6. The predicted molar refractivity (Wildman–Crippen MR) is 265 cm³/mol. The molecule has 0 spiro atoms. The standard InChI is InChI=1S/C56H88O6/c1-4-7-10-13-16-19-22-25-27-28-29-32-34-37-40-43-46-49-55(58)61-52-53(51-60-54(57)48-45-42-39-36-33-30-24-21-18-15-12-9-6-3)62-56(59)50-47-44-41-38-35-31-26-23-20-17-14-11-8-5-2/h8-9,11-12,15-21,24-27,30-31,33,36,39,53H,4-7,10,13-14,22-23,28-29,32,34-35,37-38,40-52H2,1-3H3/b11-8-,12-9-,18-15-,19-16-,20-17-,24-21-,27-25-,31-26-,33-30-,39-36-. The van der Waals surface area contributed by atoms with E-state index in [1.165, 1.54) is 51.4 Å². The molecule has 0 aromatic rings. The van der Waals surface area contributed by atoms with Crippen molar-refractivity contribution in [1.29, 1.82) is 0 Å². The van der Waals surface area contributed by atoms with E-state index in [1.54, 1.807) is 0 Å². The third-order valence-electron chi connectivity index (χ3n) is 9.81. The molecule has 0 radical (unpaired) electrons. The Bertz CT molecular complexity index is 1350. The second kappa shape index (κ2) is 49.5. The van der Waals surface area contributed by atoms with Crippen LogP contribution < -0.4 is 0 Å². The number of unbranched alkanes of at least 4 members (excludes halogenated alkanes) is 15. The van der Waals surface area contributed by atoms with Crippen molar-refractivity contribution in [2.75, 3.05) is 13.2 Å². The molecule has 6 nitrogen and oxygen atoms in total.